The molecule has 0 aliphatic heterocycles. The monoisotopic (exact) mass is 406 g/mol. The van der Waals surface area contributed by atoms with Crippen LogP contribution in [0.5, 0.6) is 0 Å². The van der Waals surface area contributed by atoms with Crippen molar-refractivity contribution in [2.24, 2.45) is 0 Å². The Morgan fingerprint density at radius 1 is 1.10 bits per heavy atom. The summed E-state index contributed by atoms with van der Waals surface area (Å²) in [6.07, 6.45) is 1.93. The highest BCUT2D eigenvalue weighted by atomic mass is 32.1. The van der Waals surface area contributed by atoms with E-state index in [-0.39, 0.29) is 12.1 Å². The van der Waals surface area contributed by atoms with Gasteiger partial charge in [0.2, 0.25) is 0 Å². The number of fused-ring (bicyclic) bond motifs is 1. The number of rotatable bonds is 7. The Morgan fingerprint density at radius 3 is 2.62 bits per heavy atom. The normalized spacial score (nSPS) is 13.8. The van der Waals surface area contributed by atoms with Gasteiger partial charge in [0.15, 0.2) is 0 Å². The molecule has 6 heteroatoms. The standard InChI is InChI=1S/C23H26N4OS/c1-16(26(3)13-19-14-29-23(25-19)17(2)28-4)18-9-11-20(12-10-18)27-15-24-21-7-5-6-8-22(21)27/h5-12,14-17H,13H2,1-4H3/t16-,17-/m0/s1. The predicted octanol–water partition coefficient (Wildman–Crippen LogP) is 5.38. The smallest absolute Gasteiger partial charge is 0.122 e. The van der Waals surface area contributed by atoms with Crippen molar-refractivity contribution in [2.45, 2.75) is 32.5 Å². The number of aromatic nitrogens is 3. The van der Waals surface area contributed by atoms with Crippen molar-refractivity contribution in [2.75, 3.05) is 14.2 Å². The number of nitrogens with zero attached hydrogens (tertiary/aromatic N) is 4. The van der Waals surface area contributed by atoms with Crippen LogP contribution >= 0.6 is 11.3 Å². The highest BCUT2D eigenvalue weighted by Crippen LogP contribution is 2.25. The number of para-hydroxylation sites is 2. The Balaban J connectivity index is 1.47. The molecule has 4 aromatic rings. The highest BCUT2D eigenvalue weighted by molar-refractivity contribution is 7.09. The zero-order chi connectivity index (χ0) is 20.4. The fourth-order valence-corrected chi connectivity index (χ4v) is 4.25. The lowest BCUT2D eigenvalue weighted by atomic mass is 10.1. The second kappa shape index (κ2) is 8.45. The average Bonchev–Trinajstić information content (AvgIpc) is 3.40. The van der Waals surface area contributed by atoms with Gasteiger partial charge in [-0.1, -0.05) is 24.3 Å². The minimum atomic E-state index is 0.0447. The summed E-state index contributed by atoms with van der Waals surface area (Å²) in [5.74, 6) is 0. The molecule has 2 atom stereocenters. The number of ether oxygens (including phenoxy) is 1. The molecule has 0 saturated heterocycles. The molecule has 0 spiro atoms. The van der Waals surface area contributed by atoms with Crippen LogP contribution in [-0.2, 0) is 11.3 Å². The third kappa shape index (κ3) is 4.10. The van der Waals surface area contributed by atoms with Crippen molar-refractivity contribution >= 4 is 22.4 Å². The van der Waals surface area contributed by atoms with Crippen LogP contribution in [0.4, 0.5) is 0 Å². The van der Waals surface area contributed by atoms with Crippen LogP contribution < -0.4 is 0 Å². The van der Waals surface area contributed by atoms with E-state index >= 15 is 0 Å². The van der Waals surface area contributed by atoms with Gasteiger partial charge < -0.3 is 4.74 Å². The average molecular weight is 407 g/mol. The van der Waals surface area contributed by atoms with Crippen molar-refractivity contribution in [1.82, 2.24) is 19.4 Å². The van der Waals surface area contributed by atoms with E-state index in [1.54, 1.807) is 18.4 Å². The Labute approximate surface area is 175 Å². The minimum absolute atomic E-state index is 0.0447. The first-order chi connectivity index (χ1) is 14.1. The van der Waals surface area contributed by atoms with Crippen LogP contribution in [-0.4, -0.2) is 33.6 Å². The molecule has 0 radical (unpaired) electrons. The highest BCUT2D eigenvalue weighted by Gasteiger charge is 2.15. The summed E-state index contributed by atoms with van der Waals surface area (Å²) < 4.78 is 7.49. The van der Waals surface area contributed by atoms with E-state index in [1.807, 2.05) is 31.5 Å². The maximum Gasteiger partial charge on any atom is 0.122 e. The maximum absolute atomic E-state index is 5.37. The topological polar surface area (TPSA) is 43.2 Å². The molecule has 0 aliphatic rings. The first kappa shape index (κ1) is 19.8. The molecule has 150 valence electrons. The predicted molar refractivity (Wildman–Crippen MR) is 118 cm³/mol. The Bertz CT molecular complexity index is 1090. The van der Waals surface area contributed by atoms with Crippen molar-refractivity contribution in [1.29, 1.82) is 0 Å². The first-order valence-electron chi connectivity index (χ1n) is 9.76. The van der Waals surface area contributed by atoms with Gasteiger partial charge in [-0.3, -0.25) is 9.47 Å². The third-order valence-electron chi connectivity index (χ3n) is 5.45. The van der Waals surface area contributed by atoms with Gasteiger partial charge in [-0.2, -0.15) is 0 Å². The molecular formula is C23H26N4OS. The summed E-state index contributed by atoms with van der Waals surface area (Å²) >= 11 is 1.66. The van der Waals surface area contributed by atoms with Gasteiger partial charge in [-0.05, 0) is 50.7 Å². The number of methoxy groups -OCH3 is 1. The quantitative estimate of drug-likeness (QED) is 0.413. The second-order valence-electron chi connectivity index (χ2n) is 7.34. The van der Waals surface area contributed by atoms with Crippen LogP contribution in [0.25, 0.3) is 16.7 Å². The Morgan fingerprint density at radius 2 is 1.86 bits per heavy atom. The molecule has 0 unspecified atom stereocenters. The van der Waals surface area contributed by atoms with E-state index in [2.05, 4.69) is 64.1 Å². The lowest BCUT2D eigenvalue weighted by Gasteiger charge is -2.24. The van der Waals surface area contributed by atoms with Crippen LogP contribution in [0.15, 0.2) is 60.2 Å². The fourth-order valence-electron chi connectivity index (χ4n) is 3.41. The van der Waals surface area contributed by atoms with Crippen LogP contribution in [0.1, 0.15) is 42.3 Å². The summed E-state index contributed by atoms with van der Waals surface area (Å²) in [4.78, 5) is 11.5. The van der Waals surface area contributed by atoms with Gasteiger partial charge in [-0.25, -0.2) is 9.97 Å². The van der Waals surface area contributed by atoms with Crippen molar-refractivity contribution in [3.8, 4) is 5.69 Å². The Kier molecular flexibility index (Phi) is 5.76. The van der Waals surface area contributed by atoms with E-state index in [0.717, 1.165) is 34.0 Å². The van der Waals surface area contributed by atoms with E-state index in [1.165, 1.54) is 5.56 Å². The van der Waals surface area contributed by atoms with Crippen LogP contribution in [0.3, 0.4) is 0 Å². The van der Waals surface area contributed by atoms with Gasteiger partial charge in [0, 0.05) is 30.8 Å². The zero-order valence-electron chi connectivity index (χ0n) is 17.2. The van der Waals surface area contributed by atoms with Crippen LogP contribution in [0, 0.1) is 0 Å². The number of hydrogen-bond donors (Lipinski definition) is 0. The molecule has 0 aliphatic carbocycles. The van der Waals surface area contributed by atoms with Gasteiger partial charge >= 0.3 is 0 Å². The lowest BCUT2D eigenvalue weighted by Crippen LogP contribution is -2.22. The van der Waals surface area contributed by atoms with Crippen LogP contribution in [0.2, 0.25) is 0 Å². The number of imidazole rings is 1. The van der Waals surface area contributed by atoms with E-state index in [0.29, 0.717) is 0 Å². The number of benzene rings is 2. The van der Waals surface area contributed by atoms with E-state index in [4.69, 9.17) is 9.72 Å². The van der Waals surface area contributed by atoms with Gasteiger partial charge in [0.1, 0.15) is 17.4 Å². The number of thiazole rings is 1. The second-order valence-corrected chi connectivity index (χ2v) is 8.23. The summed E-state index contributed by atoms with van der Waals surface area (Å²) in [6.45, 7) is 5.06. The van der Waals surface area contributed by atoms with Crippen molar-refractivity contribution < 1.29 is 4.74 Å². The molecular weight excluding hydrogens is 380 g/mol. The molecule has 0 amide bonds. The zero-order valence-corrected chi connectivity index (χ0v) is 18.1. The molecule has 0 saturated carbocycles. The summed E-state index contributed by atoms with van der Waals surface area (Å²) in [5, 5.41) is 3.15. The van der Waals surface area contributed by atoms with Crippen molar-refractivity contribution in [3.63, 3.8) is 0 Å². The van der Waals surface area contributed by atoms with Gasteiger partial charge in [0.25, 0.3) is 0 Å². The molecule has 5 nitrogen and oxygen atoms in total. The minimum Gasteiger partial charge on any atom is -0.375 e. The molecule has 29 heavy (non-hydrogen) atoms. The summed E-state index contributed by atoms with van der Waals surface area (Å²) in [6, 6.07) is 17.2. The van der Waals surface area contributed by atoms with E-state index in [9.17, 15) is 0 Å². The van der Waals surface area contributed by atoms with Gasteiger partial charge in [-0.15, -0.1) is 11.3 Å². The van der Waals surface area contributed by atoms with E-state index < -0.39 is 0 Å². The molecule has 4 rings (SSSR count). The first-order valence-corrected chi connectivity index (χ1v) is 10.6. The fraction of sp³-hybridized carbons (Fsp3) is 0.304. The maximum atomic E-state index is 5.37. The SMILES string of the molecule is CO[C@@H](C)c1nc(CN(C)[C@@H](C)c2ccc(-n3cnc4ccccc43)cc2)cs1. The molecule has 2 aromatic carbocycles. The number of hydrogen-bond acceptors (Lipinski definition) is 5. The van der Waals surface area contributed by atoms with Gasteiger partial charge in [0.05, 0.1) is 16.7 Å². The largest absolute Gasteiger partial charge is 0.375 e. The summed E-state index contributed by atoms with van der Waals surface area (Å²) in [7, 11) is 3.86. The van der Waals surface area contributed by atoms with Crippen molar-refractivity contribution in [3.05, 3.63) is 76.5 Å². The molecule has 2 heterocycles. The summed E-state index contributed by atoms with van der Waals surface area (Å²) in [5.41, 5.74) is 5.62. The molecule has 0 N–H and O–H groups in total. The lowest BCUT2D eigenvalue weighted by molar-refractivity contribution is 0.119. The molecule has 0 bridgehead atoms. The Hall–Kier alpha value is -2.54. The molecule has 2 aromatic heterocycles. The third-order valence-corrected chi connectivity index (χ3v) is 6.51. The molecule has 0 fully saturated rings.